The van der Waals surface area contributed by atoms with Crippen molar-refractivity contribution in [1.82, 2.24) is 4.90 Å². The number of ether oxygens (including phenoxy) is 2. The maximum absolute atomic E-state index is 12.3. The molecule has 2 N–H and O–H groups in total. The number of rotatable bonds is 6. The molecule has 0 amide bonds. The number of carbonyl (C=O) groups excluding carboxylic acids is 2. The highest BCUT2D eigenvalue weighted by atomic mass is 16.6. The van der Waals surface area contributed by atoms with Crippen molar-refractivity contribution in [3.05, 3.63) is 35.9 Å². The number of nitrogens with zero attached hydrogens (tertiary/aromatic N) is 1. The van der Waals surface area contributed by atoms with Gasteiger partial charge in [0.05, 0.1) is 12.5 Å². The maximum atomic E-state index is 12.3. The molecule has 7 heteroatoms. The predicted molar refractivity (Wildman–Crippen MR) is 96.8 cm³/mol. The summed E-state index contributed by atoms with van der Waals surface area (Å²) in [5.74, 6) is -0.796. The van der Waals surface area contributed by atoms with Crippen LogP contribution in [0.5, 0.6) is 0 Å². The van der Waals surface area contributed by atoms with Crippen LogP contribution in [-0.2, 0) is 25.5 Å². The van der Waals surface area contributed by atoms with Crippen LogP contribution < -0.4 is 0 Å². The van der Waals surface area contributed by atoms with Gasteiger partial charge in [-0.3, -0.25) is 14.5 Å². The molecule has 2 saturated heterocycles. The third kappa shape index (κ3) is 4.66. The van der Waals surface area contributed by atoms with E-state index in [1.54, 1.807) is 0 Å². The average molecular weight is 377 g/mol. The summed E-state index contributed by atoms with van der Waals surface area (Å²) in [6, 6.07) is 8.69. The standard InChI is InChI=1S/C20H27NO6/c1-2-6-16(23)26-15-9-10-21-12-14(22)20(19(25)18(15)21)27-17(24)11-13-7-4-3-5-8-13/h3-5,7-8,14-15,18-20,22,25H,2,6,9-12H2,1H3/t14-,15+,18+,19+,20+/m1/s1. The molecule has 148 valence electrons. The number of aliphatic hydroxyl groups is 2. The van der Waals surface area contributed by atoms with E-state index in [0.29, 0.717) is 25.8 Å². The summed E-state index contributed by atoms with van der Waals surface area (Å²) in [5.41, 5.74) is 0.802. The lowest BCUT2D eigenvalue weighted by atomic mass is 9.92. The largest absolute Gasteiger partial charge is 0.461 e. The quantitative estimate of drug-likeness (QED) is 0.703. The van der Waals surface area contributed by atoms with Crippen molar-refractivity contribution >= 4 is 11.9 Å². The fourth-order valence-electron chi connectivity index (χ4n) is 3.93. The van der Waals surface area contributed by atoms with Gasteiger partial charge in [0, 0.05) is 19.5 Å². The number of hydrogen-bond acceptors (Lipinski definition) is 7. The smallest absolute Gasteiger partial charge is 0.310 e. The summed E-state index contributed by atoms with van der Waals surface area (Å²) < 4.78 is 10.9. The summed E-state index contributed by atoms with van der Waals surface area (Å²) in [6.07, 6.45) is -1.90. The van der Waals surface area contributed by atoms with Gasteiger partial charge in [0.25, 0.3) is 0 Å². The van der Waals surface area contributed by atoms with Gasteiger partial charge in [-0.2, -0.15) is 0 Å². The summed E-state index contributed by atoms with van der Waals surface area (Å²) in [6.45, 7) is 2.79. The summed E-state index contributed by atoms with van der Waals surface area (Å²) in [7, 11) is 0. The number of benzene rings is 1. The molecule has 27 heavy (non-hydrogen) atoms. The number of carbonyl (C=O) groups is 2. The highest BCUT2D eigenvalue weighted by Gasteiger charge is 2.51. The summed E-state index contributed by atoms with van der Waals surface area (Å²) >= 11 is 0. The van der Waals surface area contributed by atoms with E-state index in [4.69, 9.17) is 9.47 Å². The normalized spacial score (nSPS) is 30.6. The highest BCUT2D eigenvalue weighted by molar-refractivity contribution is 5.73. The molecule has 1 aromatic rings. The highest BCUT2D eigenvalue weighted by Crippen LogP contribution is 2.32. The molecule has 0 bridgehead atoms. The molecule has 0 aromatic heterocycles. The second kappa shape index (κ2) is 8.82. The van der Waals surface area contributed by atoms with E-state index in [-0.39, 0.29) is 18.9 Å². The Morgan fingerprint density at radius 1 is 1.15 bits per heavy atom. The van der Waals surface area contributed by atoms with Crippen molar-refractivity contribution in [2.75, 3.05) is 13.1 Å². The Bertz CT molecular complexity index is 651. The lowest BCUT2D eigenvalue weighted by molar-refractivity contribution is -0.187. The molecule has 7 nitrogen and oxygen atoms in total. The second-order valence-corrected chi connectivity index (χ2v) is 7.23. The summed E-state index contributed by atoms with van der Waals surface area (Å²) in [5, 5.41) is 21.1. The third-order valence-electron chi connectivity index (χ3n) is 5.19. The molecular formula is C20H27NO6. The van der Waals surface area contributed by atoms with Gasteiger partial charge in [0.15, 0.2) is 6.10 Å². The number of aliphatic hydroxyl groups excluding tert-OH is 2. The predicted octanol–water partition coefficient (Wildman–Crippen LogP) is 0.662. The van der Waals surface area contributed by atoms with E-state index in [9.17, 15) is 19.8 Å². The zero-order chi connectivity index (χ0) is 19.4. The van der Waals surface area contributed by atoms with Crippen molar-refractivity contribution < 1.29 is 29.3 Å². The first-order valence-electron chi connectivity index (χ1n) is 9.52. The summed E-state index contributed by atoms with van der Waals surface area (Å²) in [4.78, 5) is 26.0. The first-order valence-corrected chi connectivity index (χ1v) is 9.52. The first kappa shape index (κ1) is 19.8. The van der Waals surface area contributed by atoms with Crippen LogP contribution in [0.2, 0.25) is 0 Å². The zero-order valence-electron chi connectivity index (χ0n) is 15.5. The van der Waals surface area contributed by atoms with Gasteiger partial charge in [-0.15, -0.1) is 0 Å². The number of fused-ring (bicyclic) bond motifs is 1. The fourth-order valence-corrected chi connectivity index (χ4v) is 3.93. The van der Waals surface area contributed by atoms with E-state index >= 15 is 0 Å². The average Bonchev–Trinajstić information content (AvgIpc) is 3.02. The first-order chi connectivity index (χ1) is 13.0. The lowest BCUT2D eigenvalue weighted by Crippen LogP contribution is -2.62. The topological polar surface area (TPSA) is 96.3 Å². The molecule has 0 unspecified atom stereocenters. The van der Waals surface area contributed by atoms with Crippen LogP contribution in [0.15, 0.2) is 30.3 Å². The molecule has 2 heterocycles. The molecule has 5 atom stereocenters. The van der Waals surface area contributed by atoms with Crippen molar-refractivity contribution in [3.8, 4) is 0 Å². The van der Waals surface area contributed by atoms with Gasteiger partial charge >= 0.3 is 11.9 Å². The van der Waals surface area contributed by atoms with Gasteiger partial charge in [-0.05, 0) is 18.4 Å². The van der Waals surface area contributed by atoms with Gasteiger partial charge in [-0.25, -0.2) is 0 Å². The SMILES string of the molecule is CCCC(=O)O[C@H]1CCN2C[C@@H](O)[C@H](OC(=O)Cc3ccccc3)[C@@H](O)[C@H]12. The van der Waals surface area contributed by atoms with Gasteiger partial charge in [0.1, 0.15) is 18.3 Å². The van der Waals surface area contributed by atoms with Gasteiger partial charge in [0.2, 0.25) is 0 Å². The van der Waals surface area contributed by atoms with Crippen LogP contribution in [-0.4, -0.2) is 70.6 Å². The minimum atomic E-state index is -1.12. The molecular weight excluding hydrogens is 350 g/mol. The molecule has 0 radical (unpaired) electrons. The van der Waals surface area contributed by atoms with Crippen LogP contribution >= 0.6 is 0 Å². The molecule has 1 aromatic carbocycles. The molecule has 2 aliphatic rings. The second-order valence-electron chi connectivity index (χ2n) is 7.23. The Morgan fingerprint density at radius 2 is 1.89 bits per heavy atom. The lowest BCUT2D eigenvalue weighted by Gasteiger charge is -2.42. The van der Waals surface area contributed by atoms with Crippen LogP contribution in [0.4, 0.5) is 0 Å². The molecule has 0 spiro atoms. The number of piperidine rings is 1. The Kier molecular flexibility index (Phi) is 6.46. The van der Waals surface area contributed by atoms with Crippen LogP contribution in [0.25, 0.3) is 0 Å². The van der Waals surface area contributed by atoms with Crippen LogP contribution in [0.1, 0.15) is 31.7 Å². The Morgan fingerprint density at radius 3 is 2.59 bits per heavy atom. The molecule has 0 aliphatic carbocycles. The van der Waals surface area contributed by atoms with E-state index in [2.05, 4.69) is 0 Å². The Hall–Kier alpha value is -1.96. The van der Waals surface area contributed by atoms with Crippen molar-refractivity contribution in [3.63, 3.8) is 0 Å². The van der Waals surface area contributed by atoms with Crippen molar-refractivity contribution in [1.29, 1.82) is 0 Å². The van der Waals surface area contributed by atoms with Crippen molar-refractivity contribution in [2.24, 2.45) is 0 Å². The molecule has 2 aliphatic heterocycles. The number of hydrogen-bond donors (Lipinski definition) is 2. The van der Waals surface area contributed by atoms with E-state index < -0.39 is 36.4 Å². The van der Waals surface area contributed by atoms with E-state index in [1.807, 2.05) is 42.2 Å². The maximum Gasteiger partial charge on any atom is 0.310 e. The van der Waals surface area contributed by atoms with Crippen molar-refractivity contribution in [2.45, 2.75) is 63.1 Å². The van der Waals surface area contributed by atoms with Crippen LogP contribution in [0.3, 0.4) is 0 Å². The Labute approximate surface area is 158 Å². The minimum absolute atomic E-state index is 0.0695. The Balaban J connectivity index is 1.64. The van der Waals surface area contributed by atoms with Gasteiger partial charge in [-0.1, -0.05) is 37.3 Å². The minimum Gasteiger partial charge on any atom is -0.461 e. The monoisotopic (exact) mass is 377 g/mol. The molecule has 3 rings (SSSR count). The molecule has 2 fully saturated rings. The zero-order valence-corrected chi connectivity index (χ0v) is 15.5. The van der Waals surface area contributed by atoms with Crippen LogP contribution in [0, 0.1) is 0 Å². The third-order valence-corrected chi connectivity index (χ3v) is 5.19. The molecule has 0 saturated carbocycles. The van der Waals surface area contributed by atoms with E-state index in [1.165, 1.54) is 0 Å². The van der Waals surface area contributed by atoms with Gasteiger partial charge < -0.3 is 19.7 Å². The fraction of sp³-hybridized carbons (Fsp3) is 0.600. The van der Waals surface area contributed by atoms with E-state index in [0.717, 1.165) is 5.56 Å². The number of esters is 2.